The summed E-state index contributed by atoms with van der Waals surface area (Å²) in [5.41, 5.74) is 2.08. The summed E-state index contributed by atoms with van der Waals surface area (Å²) in [4.78, 5) is 0. The van der Waals surface area contributed by atoms with Crippen LogP contribution in [0.4, 0.5) is 0 Å². The molecule has 0 saturated heterocycles. The summed E-state index contributed by atoms with van der Waals surface area (Å²) in [5, 5.41) is 9.84. The first-order valence-electron chi connectivity index (χ1n) is 4.82. The van der Waals surface area contributed by atoms with Crippen molar-refractivity contribution in [2.24, 2.45) is 0 Å². The third kappa shape index (κ3) is 1.94. The summed E-state index contributed by atoms with van der Waals surface area (Å²) in [7, 11) is 0. The zero-order chi connectivity index (χ0) is 10.0. The van der Waals surface area contributed by atoms with Gasteiger partial charge in [0.1, 0.15) is 11.5 Å². The molecule has 74 valence electrons. The molecule has 1 aromatic heterocycles. The number of hydrogen-bond donors (Lipinski definition) is 1. The Labute approximate surface area is 79.6 Å². The van der Waals surface area contributed by atoms with Crippen molar-refractivity contribution in [1.29, 1.82) is 0 Å². The number of aliphatic hydroxyl groups is 1. The van der Waals surface area contributed by atoms with Gasteiger partial charge >= 0.3 is 0 Å². The summed E-state index contributed by atoms with van der Waals surface area (Å²) < 4.78 is 5.45. The quantitative estimate of drug-likeness (QED) is 0.779. The maximum Gasteiger partial charge on any atom is 0.107 e. The molecule has 0 radical (unpaired) electrons. The lowest BCUT2D eigenvalue weighted by atomic mass is 10.0. The van der Waals surface area contributed by atoms with E-state index < -0.39 is 0 Å². The molecule has 2 nitrogen and oxygen atoms in total. The Morgan fingerprint density at radius 3 is 2.23 bits per heavy atom. The monoisotopic (exact) mass is 182 g/mol. The lowest BCUT2D eigenvalue weighted by Gasteiger charge is -2.08. The second-order valence-corrected chi connectivity index (χ2v) is 3.56. The van der Waals surface area contributed by atoms with E-state index in [-0.39, 0.29) is 6.10 Å². The summed E-state index contributed by atoms with van der Waals surface area (Å²) >= 11 is 0. The number of aliphatic hydroxyl groups excluding tert-OH is 1. The van der Waals surface area contributed by atoms with Crippen LogP contribution >= 0.6 is 0 Å². The lowest BCUT2D eigenvalue weighted by Crippen LogP contribution is -1.99. The van der Waals surface area contributed by atoms with Crippen molar-refractivity contribution in [3.8, 4) is 0 Å². The van der Waals surface area contributed by atoms with E-state index in [2.05, 4.69) is 6.92 Å². The fourth-order valence-electron chi connectivity index (χ4n) is 1.72. The van der Waals surface area contributed by atoms with Gasteiger partial charge in [0, 0.05) is 5.56 Å². The van der Waals surface area contributed by atoms with Crippen molar-refractivity contribution in [3.05, 3.63) is 22.6 Å². The summed E-state index contributed by atoms with van der Waals surface area (Å²) in [6.45, 7) is 7.92. The average molecular weight is 182 g/mol. The second-order valence-electron chi connectivity index (χ2n) is 3.56. The Morgan fingerprint density at radius 1 is 1.23 bits per heavy atom. The largest absolute Gasteiger partial charge is 0.466 e. The molecule has 0 saturated carbocycles. The molecule has 0 aromatic carbocycles. The average Bonchev–Trinajstić information content (AvgIpc) is 2.27. The van der Waals surface area contributed by atoms with Crippen LogP contribution < -0.4 is 0 Å². The highest BCUT2D eigenvalue weighted by atomic mass is 16.3. The summed E-state index contributed by atoms with van der Waals surface area (Å²) in [6, 6.07) is 0. The fourth-order valence-corrected chi connectivity index (χ4v) is 1.72. The Bertz CT molecular complexity index is 287. The highest BCUT2D eigenvalue weighted by Crippen LogP contribution is 2.29. The molecule has 2 heteroatoms. The molecule has 13 heavy (non-hydrogen) atoms. The summed E-state index contributed by atoms with van der Waals surface area (Å²) in [5.74, 6) is 1.78. The predicted molar refractivity (Wildman–Crippen MR) is 52.8 cm³/mol. The molecule has 0 aliphatic rings. The van der Waals surface area contributed by atoms with Crippen molar-refractivity contribution < 1.29 is 9.52 Å². The Balaban J connectivity index is 2.98. The van der Waals surface area contributed by atoms with Crippen LogP contribution in [-0.4, -0.2) is 5.11 Å². The van der Waals surface area contributed by atoms with Gasteiger partial charge in [-0.25, -0.2) is 0 Å². The van der Waals surface area contributed by atoms with Crippen LogP contribution in [0.25, 0.3) is 0 Å². The highest BCUT2D eigenvalue weighted by molar-refractivity contribution is 5.33. The van der Waals surface area contributed by atoms with Gasteiger partial charge in [-0.2, -0.15) is 0 Å². The normalized spacial score (nSPS) is 13.3. The maximum absolute atomic E-state index is 9.84. The van der Waals surface area contributed by atoms with E-state index in [4.69, 9.17) is 4.42 Å². The smallest absolute Gasteiger partial charge is 0.107 e. The van der Waals surface area contributed by atoms with E-state index in [0.29, 0.717) is 0 Å². The Kier molecular flexibility index (Phi) is 3.15. The van der Waals surface area contributed by atoms with Gasteiger partial charge in [0.15, 0.2) is 0 Å². The number of furan rings is 1. The first-order chi connectivity index (χ1) is 6.07. The molecule has 0 amide bonds. The maximum atomic E-state index is 9.84. The molecular formula is C11H18O2. The third-order valence-corrected chi connectivity index (χ3v) is 2.51. The Morgan fingerprint density at radius 2 is 1.85 bits per heavy atom. The van der Waals surface area contributed by atoms with Crippen LogP contribution in [-0.2, 0) is 0 Å². The minimum absolute atomic E-state index is 0.359. The van der Waals surface area contributed by atoms with Crippen LogP contribution in [0.3, 0.4) is 0 Å². The van der Waals surface area contributed by atoms with Crippen molar-refractivity contribution in [2.45, 2.75) is 46.6 Å². The number of hydrogen-bond acceptors (Lipinski definition) is 2. The molecule has 0 aliphatic carbocycles. The van der Waals surface area contributed by atoms with Gasteiger partial charge < -0.3 is 9.52 Å². The number of aryl methyl sites for hydroxylation is 2. The first-order valence-corrected chi connectivity index (χ1v) is 4.82. The van der Waals surface area contributed by atoms with E-state index in [9.17, 15) is 5.11 Å². The molecule has 0 aliphatic heterocycles. The molecule has 1 atom stereocenters. The van der Waals surface area contributed by atoms with Crippen LogP contribution in [0, 0.1) is 20.8 Å². The van der Waals surface area contributed by atoms with Crippen LogP contribution in [0.15, 0.2) is 4.42 Å². The van der Waals surface area contributed by atoms with Crippen molar-refractivity contribution in [2.75, 3.05) is 0 Å². The van der Waals surface area contributed by atoms with Gasteiger partial charge in [-0.3, -0.25) is 0 Å². The van der Waals surface area contributed by atoms with Gasteiger partial charge in [0.25, 0.3) is 0 Å². The fraction of sp³-hybridized carbons (Fsp3) is 0.636. The molecular weight excluding hydrogens is 164 g/mol. The van der Waals surface area contributed by atoms with Crippen molar-refractivity contribution in [3.63, 3.8) is 0 Å². The van der Waals surface area contributed by atoms with E-state index in [1.807, 2.05) is 20.8 Å². The topological polar surface area (TPSA) is 33.4 Å². The molecule has 0 spiro atoms. The molecule has 1 N–H and O–H groups in total. The summed E-state index contributed by atoms with van der Waals surface area (Å²) in [6.07, 6.45) is 1.44. The lowest BCUT2D eigenvalue weighted by molar-refractivity contribution is 0.164. The van der Waals surface area contributed by atoms with Gasteiger partial charge in [-0.15, -0.1) is 0 Å². The van der Waals surface area contributed by atoms with Gasteiger partial charge in [0.2, 0.25) is 0 Å². The number of rotatable bonds is 3. The van der Waals surface area contributed by atoms with Crippen molar-refractivity contribution >= 4 is 0 Å². The minimum atomic E-state index is -0.359. The molecule has 1 heterocycles. The highest BCUT2D eigenvalue weighted by Gasteiger charge is 2.17. The van der Waals surface area contributed by atoms with E-state index in [1.165, 1.54) is 0 Å². The molecule has 1 rings (SSSR count). The first kappa shape index (κ1) is 10.3. The van der Waals surface area contributed by atoms with E-state index in [0.717, 1.165) is 35.5 Å². The SMILES string of the molecule is CCCC(O)c1c(C)oc(C)c1C. The molecule has 1 unspecified atom stereocenters. The molecule has 0 bridgehead atoms. The zero-order valence-corrected chi connectivity index (χ0v) is 8.85. The molecule has 0 fully saturated rings. The van der Waals surface area contributed by atoms with E-state index in [1.54, 1.807) is 0 Å². The van der Waals surface area contributed by atoms with Gasteiger partial charge in [-0.05, 0) is 32.8 Å². The van der Waals surface area contributed by atoms with E-state index >= 15 is 0 Å². The van der Waals surface area contributed by atoms with Crippen LogP contribution in [0.2, 0.25) is 0 Å². The molecule has 1 aromatic rings. The van der Waals surface area contributed by atoms with Crippen molar-refractivity contribution in [1.82, 2.24) is 0 Å². The van der Waals surface area contributed by atoms with Crippen LogP contribution in [0.5, 0.6) is 0 Å². The van der Waals surface area contributed by atoms with Crippen LogP contribution in [0.1, 0.15) is 48.5 Å². The minimum Gasteiger partial charge on any atom is -0.466 e. The zero-order valence-electron chi connectivity index (χ0n) is 8.85. The van der Waals surface area contributed by atoms with Gasteiger partial charge in [0.05, 0.1) is 6.10 Å². The Hall–Kier alpha value is -0.760. The third-order valence-electron chi connectivity index (χ3n) is 2.51. The standard InChI is InChI=1S/C11H18O2/c1-5-6-10(12)11-7(2)8(3)13-9(11)4/h10,12H,5-6H2,1-4H3. The predicted octanol–water partition coefficient (Wildman–Crippen LogP) is 3.04. The van der Waals surface area contributed by atoms with Gasteiger partial charge in [-0.1, -0.05) is 13.3 Å². The second kappa shape index (κ2) is 3.97.